The van der Waals surface area contributed by atoms with Crippen LogP contribution in [0.25, 0.3) is 5.57 Å². The summed E-state index contributed by atoms with van der Waals surface area (Å²) in [6.45, 7) is 1.96. The number of nitrogens with one attached hydrogen (secondary N) is 1. The van der Waals surface area contributed by atoms with E-state index in [1.807, 2.05) is 60.4 Å². The van der Waals surface area contributed by atoms with Crippen LogP contribution >= 0.6 is 11.6 Å². The van der Waals surface area contributed by atoms with Crippen molar-refractivity contribution in [2.45, 2.75) is 24.4 Å². The van der Waals surface area contributed by atoms with Crippen LogP contribution in [0.5, 0.6) is 0 Å². The average Bonchev–Trinajstić information content (AvgIpc) is 3.49. The number of ketones is 2. The van der Waals surface area contributed by atoms with Gasteiger partial charge < -0.3 is 10.2 Å². The maximum absolute atomic E-state index is 14.8. The lowest BCUT2D eigenvalue weighted by Gasteiger charge is -2.39. The predicted octanol–water partition coefficient (Wildman–Crippen LogP) is 6.49. The Bertz CT molecular complexity index is 1880. The molecular formula is C34H24ClN3O5. The van der Waals surface area contributed by atoms with Crippen molar-refractivity contribution >= 4 is 51.7 Å². The summed E-state index contributed by atoms with van der Waals surface area (Å²) in [6, 6.07) is 24.9. The molecule has 0 aromatic heterocycles. The molecule has 3 aliphatic heterocycles. The first-order valence-electron chi connectivity index (χ1n) is 13.8. The highest BCUT2D eigenvalue weighted by molar-refractivity contribution is 6.30. The van der Waals surface area contributed by atoms with Gasteiger partial charge in [0, 0.05) is 45.2 Å². The molecular weight excluding hydrogens is 566 g/mol. The van der Waals surface area contributed by atoms with Crippen LogP contribution in [0, 0.1) is 16.0 Å². The number of nitro groups is 1. The molecule has 4 atom stereocenters. The third-order valence-corrected chi connectivity index (χ3v) is 9.18. The van der Waals surface area contributed by atoms with E-state index in [-0.39, 0.29) is 22.9 Å². The fraction of sp³-hybridized carbons (Fsp3) is 0.147. The summed E-state index contributed by atoms with van der Waals surface area (Å²) in [5, 5.41) is 14.8. The minimum absolute atomic E-state index is 0.155. The fourth-order valence-electron chi connectivity index (χ4n) is 7.10. The molecule has 4 aromatic carbocycles. The monoisotopic (exact) mass is 589 g/mol. The van der Waals surface area contributed by atoms with Gasteiger partial charge >= 0.3 is 0 Å². The number of carbonyl (C=O) groups is 3. The first-order valence-corrected chi connectivity index (χ1v) is 14.2. The third-order valence-electron chi connectivity index (χ3n) is 8.93. The van der Waals surface area contributed by atoms with Gasteiger partial charge in [-0.25, -0.2) is 0 Å². The minimum Gasteiger partial charge on any atom is -0.352 e. The molecule has 0 unspecified atom stereocenters. The van der Waals surface area contributed by atoms with Crippen LogP contribution in [0.15, 0.2) is 103 Å². The smallest absolute Gasteiger partial charge is 0.269 e. The fourth-order valence-corrected chi connectivity index (χ4v) is 7.23. The number of hydrogen-bond acceptors (Lipinski definition) is 6. The van der Waals surface area contributed by atoms with Crippen molar-refractivity contribution in [3.05, 3.63) is 141 Å². The number of carbonyl (C=O) groups excluding carboxylic acids is 3. The van der Waals surface area contributed by atoms with Crippen molar-refractivity contribution in [1.29, 1.82) is 0 Å². The summed E-state index contributed by atoms with van der Waals surface area (Å²) in [7, 11) is 0. The normalized spacial score (nSPS) is 23.2. The van der Waals surface area contributed by atoms with Gasteiger partial charge in [-0.1, -0.05) is 54.1 Å². The molecule has 1 saturated heterocycles. The third kappa shape index (κ3) is 3.79. The average molecular weight is 590 g/mol. The van der Waals surface area contributed by atoms with E-state index in [1.165, 1.54) is 24.3 Å². The number of halogens is 1. The van der Waals surface area contributed by atoms with Crippen molar-refractivity contribution in [3.63, 3.8) is 0 Å². The molecule has 3 heterocycles. The van der Waals surface area contributed by atoms with Gasteiger partial charge in [0.05, 0.1) is 16.9 Å². The number of nitrogens with zero attached hydrogens (tertiary/aromatic N) is 2. The van der Waals surface area contributed by atoms with Gasteiger partial charge in [-0.15, -0.1) is 0 Å². The van der Waals surface area contributed by atoms with Crippen LogP contribution in [0.2, 0.25) is 5.02 Å². The number of para-hydroxylation sites is 2. The highest BCUT2D eigenvalue weighted by atomic mass is 35.5. The number of allylic oxidation sites excluding steroid dienone is 1. The number of rotatable bonds is 5. The summed E-state index contributed by atoms with van der Waals surface area (Å²) in [5.41, 5.74) is 2.70. The molecule has 43 heavy (non-hydrogen) atoms. The Balaban J connectivity index is 1.53. The minimum atomic E-state index is -1.46. The molecule has 0 aliphatic carbocycles. The summed E-state index contributed by atoms with van der Waals surface area (Å²) in [4.78, 5) is 56.6. The Labute approximate surface area is 251 Å². The molecule has 1 spiro atoms. The standard InChI is InChI=1S/C34H24ClN3O5/c1-19-18-28-34(25-7-3-4-8-26(25)36-33(34)41)29(31(39)20-10-14-22(35)15-11-20)30(37(28)27-9-5-2-6-24(19)27)32(40)21-12-16-23(17-13-21)38(42)43/h2-18,28-30H,1H3,(H,36,41)/t28-,29+,30-,34-/m0/s1. The van der Waals surface area contributed by atoms with Gasteiger partial charge in [0.15, 0.2) is 11.6 Å². The van der Waals surface area contributed by atoms with Crippen LogP contribution < -0.4 is 10.2 Å². The van der Waals surface area contributed by atoms with Gasteiger partial charge in [-0.05, 0) is 66.6 Å². The Kier molecular flexibility index (Phi) is 6.07. The Hall–Kier alpha value is -5.08. The molecule has 3 aliphatic rings. The summed E-state index contributed by atoms with van der Waals surface area (Å²) in [5.74, 6) is -2.30. The second-order valence-corrected chi connectivity index (χ2v) is 11.5. The molecule has 0 radical (unpaired) electrons. The van der Waals surface area contributed by atoms with Gasteiger partial charge in [-0.2, -0.15) is 0 Å². The van der Waals surface area contributed by atoms with Gasteiger partial charge in [0.2, 0.25) is 5.91 Å². The number of amides is 1. The van der Waals surface area contributed by atoms with Gasteiger partial charge in [0.1, 0.15) is 11.5 Å². The number of hydrogen-bond donors (Lipinski definition) is 1. The first kappa shape index (κ1) is 26.8. The van der Waals surface area contributed by atoms with E-state index in [4.69, 9.17) is 11.6 Å². The zero-order chi connectivity index (χ0) is 30.0. The largest absolute Gasteiger partial charge is 0.352 e. The summed E-state index contributed by atoms with van der Waals surface area (Å²) >= 11 is 6.16. The molecule has 0 bridgehead atoms. The maximum atomic E-state index is 14.8. The number of Topliss-reactive ketones (excluding diaryl/α,β-unsaturated/α-hetero) is 2. The Morgan fingerprint density at radius 3 is 2.23 bits per heavy atom. The first-order chi connectivity index (χ1) is 20.7. The number of non-ortho nitro benzene ring substituents is 1. The van der Waals surface area contributed by atoms with E-state index in [1.54, 1.807) is 30.3 Å². The van der Waals surface area contributed by atoms with Gasteiger partial charge in [0.25, 0.3) is 5.69 Å². The number of anilines is 2. The van der Waals surface area contributed by atoms with E-state index in [9.17, 15) is 24.5 Å². The van der Waals surface area contributed by atoms with Gasteiger partial charge in [-0.3, -0.25) is 24.5 Å². The van der Waals surface area contributed by atoms with Crippen molar-refractivity contribution in [3.8, 4) is 0 Å². The lowest BCUT2D eigenvalue weighted by atomic mass is 9.64. The molecule has 1 fully saturated rings. The van der Waals surface area contributed by atoms with Crippen LogP contribution in [-0.2, 0) is 10.2 Å². The number of fused-ring (bicyclic) bond motifs is 6. The lowest BCUT2D eigenvalue weighted by molar-refractivity contribution is -0.384. The molecule has 9 heteroatoms. The topological polar surface area (TPSA) is 110 Å². The Morgan fingerprint density at radius 2 is 1.51 bits per heavy atom. The molecule has 1 amide bonds. The molecule has 8 nitrogen and oxygen atoms in total. The zero-order valence-corrected chi connectivity index (χ0v) is 23.6. The molecule has 7 rings (SSSR count). The van der Waals surface area contributed by atoms with Crippen molar-refractivity contribution in [1.82, 2.24) is 0 Å². The number of nitro benzene ring substituents is 1. The molecule has 0 saturated carbocycles. The lowest BCUT2D eigenvalue weighted by Crippen LogP contribution is -2.51. The summed E-state index contributed by atoms with van der Waals surface area (Å²) < 4.78 is 0. The molecule has 4 aromatic rings. The van der Waals surface area contributed by atoms with Crippen LogP contribution in [0.1, 0.15) is 38.8 Å². The van der Waals surface area contributed by atoms with E-state index < -0.39 is 34.1 Å². The highest BCUT2D eigenvalue weighted by Gasteiger charge is 2.70. The Morgan fingerprint density at radius 1 is 0.884 bits per heavy atom. The second-order valence-electron chi connectivity index (χ2n) is 11.0. The van der Waals surface area contributed by atoms with E-state index >= 15 is 0 Å². The summed E-state index contributed by atoms with van der Waals surface area (Å²) in [6.07, 6.45) is 1.98. The van der Waals surface area contributed by atoms with Crippen LogP contribution in [0.3, 0.4) is 0 Å². The number of benzene rings is 4. The molecule has 212 valence electrons. The molecule has 1 N–H and O–H groups in total. The zero-order valence-electron chi connectivity index (χ0n) is 22.9. The van der Waals surface area contributed by atoms with Crippen molar-refractivity contribution in [2.24, 2.45) is 5.92 Å². The maximum Gasteiger partial charge on any atom is 0.269 e. The quantitative estimate of drug-likeness (QED) is 0.162. The second kappa shape index (κ2) is 9.74. The SMILES string of the molecule is CC1=C[C@@H]2N(c3ccccc31)[C@H](C(=O)c1ccc([N+](=O)[O-])cc1)[C@H](C(=O)c1ccc(Cl)cc1)[C@@]21C(=O)Nc2ccccc21. The van der Waals surface area contributed by atoms with E-state index in [2.05, 4.69) is 5.32 Å². The van der Waals surface area contributed by atoms with E-state index in [0.717, 1.165) is 16.8 Å². The predicted molar refractivity (Wildman–Crippen MR) is 164 cm³/mol. The van der Waals surface area contributed by atoms with Crippen LogP contribution in [-0.4, -0.2) is 34.5 Å². The highest BCUT2D eigenvalue weighted by Crippen LogP contribution is 2.58. The van der Waals surface area contributed by atoms with Crippen LogP contribution in [0.4, 0.5) is 17.1 Å². The van der Waals surface area contributed by atoms with Crippen molar-refractivity contribution < 1.29 is 19.3 Å². The van der Waals surface area contributed by atoms with Crippen molar-refractivity contribution in [2.75, 3.05) is 10.2 Å². The van der Waals surface area contributed by atoms with E-state index in [0.29, 0.717) is 21.8 Å².